The lowest BCUT2D eigenvalue weighted by atomic mass is 9.73. The van der Waals surface area contributed by atoms with E-state index in [1.165, 1.54) is 0 Å². The third kappa shape index (κ3) is 1.75. The first-order valence-electron chi connectivity index (χ1n) is 9.63. The van der Waals surface area contributed by atoms with Gasteiger partial charge in [-0.15, -0.1) is 0 Å². The van der Waals surface area contributed by atoms with Crippen LogP contribution in [0.15, 0.2) is 24.3 Å². The van der Waals surface area contributed by atoms with Crippen molar-refractivity contribution in [1.29, 1.82) is 0 Å². The molecular weight excluding hydrogens is 330 g/mol. The molecule has 4 heterocycles. The van der Waals surface area contributed by atoms with Gasteiger partial charge >= 0.3 is 0 Å². The number of fused-ring (bicyclic) bond motifs is 4. The summed E-state index contributed by atoms with van der Waals surface area (Å²) in [6.45, 7) is 2.73. The van der Waals surface area contributed by atoms with E-state index in [2.05, 4.69) is 12.2 Å². The number of piperazine rings is 1. The van der Waals surface area contributed by atoms with Crippen LogP contribution in [-0.2, 0) is 19.8 Å². The summed E-state index contributed by atoms with van der Waals surface area (Å²) in [5.41, 5.74) is 0.958. The number of hydrogen-bond acceptors (Lipinski definition) is 3. The molecule has 5 rings (SSSR count). The fraction of sp³-hybridized carbons (Fsp3) is 0.550. The normalized spacial score (nSPS) is 35.0. The number of hydrogen-bond donors (Lipinski definition) is 1. The molecule has 1 spiro atoms. The minimum absolute atomic E-state index is 0.0299. The fourth-order valence-corrected chi connectivity index (χ4v) is 5.69. The van der Waals surface area contributed by atoms with Crippen LogP contribution in [0.5, 0.6) is 0 Å². The van der Waals surface area contributed by atoms with Gasteiger partial charge in [0.1, 0.15) is 12.1 Å². The van der Waals surface area contributed by atoms with E-state index in [1.54, 1.807) is 9.80 Å². The van der Waals surface area contributed by atoms with Gasteiger partial charge in [0.05, 0.1) is 11.5 Å². The quantitative estimate of drug-likeness (QED) is 0.879. The molecule has 0 aromatic heterocycles. The van der Waals surface area contributed by atoms with Crippen molar-refractivity contribution in [2.45, 2.75) is 62.6 Å². The molecule has 3 saturated heterocycles. The number of para-hydroxylation sites is 1. The highest BCUT2D eigenvalue weighted by molar-refractivity contribution is 6.09. The molecule has 0 radical (unpaired) electrons. The highest BCUT2D eigenvalue weighted by atomic mass is 16.2. The van der Waals surface area contributed by atoms with Crippen LogP contribution in [0.4, 0.5) is 5.69 Å². The molecule has 3 fully saturated rings. The predicted octanol–water partition coefficient (Wildman–Crippen LogP) is 1.65. The third-order valence-corrected chi connectivity index (χ3v) is 6.74. The van der Waals surface area contributed by atoms with Crippen LogP contribution in [0.2, 0.25) is 0 Å². The molecule has 0 bridgehead atoms. The van der Waals surface area contributed by atoms with Gasteiger partial charge in [0.15, 0.2) is 0 Å². The van der Waals surface area contributed by atoms with E-state index < -0.39 is 11.5 Å². The lowest BCUT2D eigenvalue weighted by Gasteiger charge is -2.42. The van der Waals surface area contributed by atoms with Gasteiger partial charge in [0, 0.05) is 12.2 Å². The lowest BCUT2D eigenvalue weighted by Crippen LogP contribution is -2.62. The van der Waals surface area contributed by atoms with Crippen LogP contribution in [0.3, 0.4) is 0 Å². The summed E-state index contributed by atoms with van der Waals surface area (Å²) in [4.78, 5) is 43.1. The first kappa shape index (κ1) is 15.9. The molecule has 0 saturated carbocycles. The zero-order chi connectivity index (χ0) is 18.1. The van der Waals surface area contributed by atoms with E-state index >= 15 is 0 Å². The Balaban J connectivity index is 1.66. The van der Waals surface area contributed by atoms with E-state index in [0.717, 1.165) is 36.9 Å². The maximum atomic E-state index is 13.3. The number of carbonyl (C=O) groups excluding carboxylic acids is 3. The number of amides is 3. The van der Waals surface area contributed by atoms with Crippen LogP contribution in [0.1, 0.15) is 44.6 Å². The minimum Gasteiger partial charge on any atom is -0.329 e. The molecule has 6 heteroatoms. The second-order valence-electron chi connectivity index (χ2n) is 7.93. The Morgan fingerprint density at radius 1 is 1.15 bits per heavy atom. The Morgan fingerprint density at radius 2 is 1.96 bits per heavy atom. The number of anilines is 1. The van der Waals surface area contributed by atoms with Gasteiger partial charge < -0.3 is 15.1 Å². The molecule has 4 aliphatic heterocycles. The van der Waals surface area contributed by atoms with Gasteiger partial charge in [0.25, 0.3) is 0 Å². The number of rotatable bonds is 2. The largest absolute Gasteiger partial charge is 0.329 e. The van der Waals surface area contributed by atoms with Crippen LogP contribution < -0.4 is 5.32 Å². The summed E-state index contributed by atoms with van der Waals surface area (Å²) >= 11 is 0. The van der Waals surface area contributed by atoms with Crippen molar-refractivity contribution in [1.82, 2.24) is 9.80 Å². The Kier molecular flexibility index (Phi) is 3.24. The zero-order valence-electron chi connectivity index (χ0n) is 14.9. The summed E-state index contributed by atoms with van der Waals surface area (Å²) in [7, 11) is 0. The lowest BCUT2D eigenvalue weighted by molar-refractivity contribution is -0.159. The Morgan fingerprint density at radius 3 is 2.77 bits per heavy atom. The molecule has 4 atom stereocenters. The summed E-state index contributed by atoms with van der Waals surface area (Å²) in [6, 6.07) is 6.64. The molecule has 0 aliphatic carbocycles. The first-order chi connectivity index (χ1) is 12.6. The molecule has 1 aromatic carbocycles. The first-order valence-corrected chi connectivity index (χ1v) is 9.63. The van der Waals surface area contributed by atoms with Crippen molar-refractivity contribution in [3.8, 4) is 0 Å². The van der Waals surface area contributed by atoms with Crippen molar-refractivity contribution < 1.29 is 14.4 Å². The van der Waals surface area contributed by atoms with Gasteiger partial charge in [-0.2, -0.15) is 0 Å². The van der Waals surface area contributed by atoms with Gasteiger partial charge in [0.2, 0.25) is 17.7 Å². The smallest absolute Gasteiger partial charge is 0.246 e. The minimum atomic E-state index is -0.803. The topological polar surface area (TPSA) is 69.7 Å². The molecule has 3 amide bonds. The Labute approximate surface area is 152 Å². The third-order valence-electron chi connectivity index (χ3n) is 6.74. The van der Waals surface area contributed by atoms with E-state index in [0.29, 0.717) is 13.0 Å². The predicted molar refractivity (Wildman–Crippen MR) is 95.4 cm³/mol. The Hall–Kier alpha value is -2.37. The second-order valence-corrected chi connectivity index (χ2v) is 7.93. The van der Waals surface area contributed by atoms with Crippen LogP contribution in [0.25, 0.3) is 0 Å². The van der Waals surface area contributed by atoms with Gasteiger partial charge in [-0.25, -0.2) is 0 Å². The highest BCUT2D eigenvalue weighted by Crippen LogP contribution is 2.53. The number of nitrogens with zero attached hydrogens (tertiary/aromatic N) is 2. The SMILES string of the molecule is CCC[C@@H]1N2C(=O)[C@@H]3CCCN3C(=O)[C@@H]2C[C@@]12C(=O)Nc1ccccc12. The number of carbonyl (C=O) groups is 3. The van der Waals surface area contributed by atoms with E-state index in [9.17, 15) is 14.4 Å². The summed E-state index contributed by atoms with van der Waals surface area (Å²) in [6.07, 6.45) is 3.61. The molecule has 0 unspecified atom stereocenters. The summed E-state index contributed by atoms with van der Waals surface area (Å²) in [5.74, 6) is 0.00850. The average Bonchev–Trinajstić information content (AvgIpc) is 3.31. The van der Waals surface area contributed by atoms with Crippen LogP contribution >= 0.6 is 0 Å². The summed E-state index contributed by atoms with van der Waals surface area (Å²) < 4.78 is 0. The molecule has 6 nitrogen and oxygen atoms in total. The maximum Gasteiger partial charge on any atom is 0.246 e. The molecule has 1 aromatic rings. The van der Waals surface area contributed by atoms with Crippen molar-refractivity contribution in [2.75, 3.05) is 11.9 Å². The standard InChI is InChI=1S/C20H23N3O3/c1-2-6-16-20(12-7-3-4-8-13(12)21-19(20)26)11-15-17(24)22-10-5-9-14(22)18(25)23(15)16/h3-4,7-8,14-16H,2,5-6,9-11H2,1H3,(H,21,26)/t14-,15-,16-,20-/m0/s1. The molecule has 26 heavy (non-hydrogen) atoms. The van der Waals surface area contributed by atoms with E-state index in [4.69, 9.17) is 0 Å². The molecule has 1 N–H and O–H groups in total. The van der Waals surface area contributed by atoms with Gasteiger partial charge in [-0.05, 0) is 37.3 Å². The monoisotopic (exact) mass is 353 g/mol. The number of benzene rings is 1. The van der Waals surface area contributed by atoms with Crippen molar-refractivity contribution in [2.24, 2.45) is 0 Å². The average molecular weight is 353 g/mol. The molecule has 136 valence electrons. The van der Waals surface area contributed by atoms with Crippen molar-refractivity contribution >= 4 is 23.4 Å². The number of nitrogens with one attached hydrogen (secondary N) is 1. The van der Waals surface area contributed by atoms with Crippen molar-refractivity contribution in [3.05, 3.63) is 29.8 Å². The van der Waals surface area contributed by atoms with Gasteiger partial charge in [-0.3, -0.25) is 14.4 Å². The van der Waals surface area contributed by atoms with Crippen molar-refractivity contribution in [3.63, 3.8) is 0 Å². The molecular formula is C20H23N3O3. The Bertz CT molecular complexity index is 822. The molecule has 4 aliphatic rings. The maximum absolute atomic E-state index is 13.3. The van der Waals surface area contributed by atoms with E-state index in [1.807, 2.05) is 24.3 Å². The van der Waals surface area contributed by atoms with Crippen LogP contribution in [0, 0.1) is 0 Å². The van der Waals surface area contributed by atoms with E-state index in [-0.39, 0.29) is 29.8 Å². The fourth-order valence-electron chi connectivity index (χ4n) is 5.69. The highest BCUT2D eigenvalue weighted by Gasteiger charge is 2.66. The zero-order valence-corrected chi connectivity index (χ0v) is 14.9. The van der Waals surface area contributed by atoms with Crippen LogP contribution in [-0.4, -0.2) is 52.2 Å². The second kappa shape index (κ2) is 5.32. The summed E-state index contributed by atoms with van der Waals surface area (Å²) in [5, 5.41) is 3.01. The van der Waals surface area contributed by atoms with Gasteiger partial charge in [-0.1, -0.05) is 31.5 Å².